The lowest BCUT2D eigenvalue weighted by Crippen LogP contribution is -2.27. The van der Waals surface area contributed by atoms with Crippen LogP contribution in [-0.2, 0) is 4.74 Å². The standard InChI is InChI=1S/C14H14ClFN2O3S/c1-20-14(19)21-12-6-11(10(16)5-9(12)15)17-13-18-4-2-3-8(18)7-22-13/h5-6,8H,2-4,7H2,1H3/t8-/m0/s1. The van der Waals surface area contributed by atoms with E-state index in [1.807, 2.05) is 0 Å². The summed E-state index contributed by atoms with van der Waals surface area (Å²) in [5.74, 6) is 0.438. The molecule has 0 N–H and O–H groups in total. The molecule has 2 fully saturated rings. The summed E-state index contributed by atoms with van der Waals surface area (Å²) in [7, 11) is 1.18. The maximum atomic E-state index is 14.1. The minimum atomic E-state index is -0.915. The smallest absolute Gasteiger partial charge is 0.437 e. The monoisotopic (exact) mass is 344 g/mol. The minimum absolute atomic E-state index is 0.00928. The Hall–Kier alpha value is -1.47. The van der Waals surface area contributed by atoms with Gasteiger partial charge in [-0.1, -0.05) is 23.4 Å². The molecule has 0 saturated carbocycles. The van der Waals surface area contributed by atoms with Crippen LogP contribution >= 0.6 is 23.4 Å². The number of ether oxygens (including phenoxy) is 2. The van der Waals surface area contributed by atoms with Crippen molar-refractivity contribution >= 4 is 40.4 Å². The number of amidine groups is 1. The van der Waals surface area contributed by atoms with Crippen molar-refractivity contribution in [2.24, 2.45) is 4.99 Å². The van der Waals surface area contributed by atoms with E-state index in [4.69, 9.17) is 16.3 Å². The Kier molecular flexibility index (Phi) is 4.44. The van der Waals surface area contributed by atoms with Crippen LogP contribution in [0, 0.1) is 5.82 Å². The molecular weight excluding hydrogens is 331 g/mol. The summed E-state index contributed by atoms with van der Waals surface area (Å²) in [5.41, 5.74) is 0.0957. The number of benzene rings is 1. The Morgan fingerprint density at radius 2 is 2.36 bits per heavy atom. The van der Waals surface area contributed by atoms with E-state index in [9.17, 15) is 9.18 Å². The fourth-order valence-electron chi connectivity index (χ4n) is 2.53. The van der Waals surface area contributed by atoms with E-state index >= 15 is 0 Å². The Morgan fingerprint density at radius 1 is 1.55 bits per heavy atom. The van der Waals surface area contributed by atoms with Gasteiger partial charge in [0.1, 0.15) is 5.69 Å². The molecule has 0 spiro atoms. The van der Waals surface area contributed by atoms with Gasteiger partial charge in [0, 0.05) is 24.4 Å². The molecule has 1 aromatic carbocycles. The number of methoxy groups -OCH3 is 1. The van der Waals surface area contributed by atoms with Gasteiger partial charge < -0.3 is 14.4 Å². The molecule has 0 unspecified atom stereocenters. The van der Waals surface area contributed by atoms with Crippen molar-refractivity contribution in [3.05, 3.63) is 23.0 Å². The third-order valence-corrected chi connectivity index (χ3v) is 5.04. The van der Waals surface area contributed by atoms with Crippen LogP contribution in [0.5, 0.6) is 5.75 Å². The quantitative estimate of drug-likeness (QED) is 0.603. The zero-order valence-corrected chi connectivity index (χ0v) is 13.4. The Balaban J connectivity index is 1.90. The lowest BCUT2D eigenvalue weighted by atomic mass is 10.2. The molecular formula is C14H14ClFN2O3S. The highest BCUT2D eigenvalue weighted by Crippen LogP contribution is 2.36. The summed E-state index contributed by atoms with van der Waals surface area (Å²) < 4.78 is 23.4. The van der Waals surface area contributed by atoms with Crippen molar-refractivity contribution in [3.8, 4) is 5.75 Å². The molecule has 2 aliphatic heterocycles. The maximum Gasteiger partial charge on any atom is 0.513 e. The van der Waals surface area contributed by atoms with E-state index in [0.29, 0.717) is 6.04 Å². The lowest BCUT2D eigenvalue weighted by Gasteiger charge is -2.16. The molecule has 2 saturated heterocycles. The highest BCUT2D eigenvalue weighted by atomic mass is 35.5. The molecule has 0 aliphatic carbocycles. The topological polar surface area (TPSA) is 51.1 Å². The Bertz CT molecular complexity index is 641. The van der Waals surface area contributed by atoms with Gasteiger partial charge in [-0.2, -0.15) is 0 Å². The summed E-state index contributed by atoms with van der Waals surface area (Å²) in [6, 6.07) is 2.89. The predicted molar refractivity (Wildman–Crippen MR) is 83.7 cm³/mol. The summed E-state index contributed by atoms with van der Waals surface area (Å²) in [5, 5.41) is 0.790. The number of rotatable bonds is 2. The zero-order valence-electron chi connectivity index (χ0n) is 11.8. The van der Waals surface area contributed by atoms with Crippen molar-refractivity contribution in [2.45, 2.75) is 18.9 Å². The SMILES string of the molecule is COC(=O)Oc1cc(N=C2SC[C@@H]3CCCN23)c(F)cc1Cl. The second-order valence-electron chi connectivity index (χ2n) is 4.99. The molecule has 22 heavy (non-hydrogen) atoms. The number of thioether (sulfide) groups is 1. The van der Waals surface area contributed by atoms with Crippen molar-refractivity contribution in [1.82, 2.24) is 4.90 Å². The van der Waals surface area contributed by atoms with E-state index in [0.717, 1.165) is 36.4 Å². The number of halogens is 2. The molecule has 0 aromatic heterocycles. The molecule has 0 bridgehead atoms. The van der Waals surface area contributed by atoms with Gasteiger partial charge in [0.15, 0.2) is 16.7 Å². The summed E-state index contributed by atoms with van der Waals surface area (Å²) in [6.07, 6.45) is 1.36. The molecule has 5 nitrogen and oxygen atoms in total. The van der Waals surface area contributed by atoms with Gasteiger partial charge in [-0.15, -0.1) is 0 Å². The fourth-order valence-corrected chi connectivity index (χ4v) is 3.97. The molecule has 0 radical (unpaired) electrons. The second kappa shape index (κ2) is 6.34. The van der Waals surface area contributed by atoms with Crippen LogP contribution in [0.1, 0.15) is 12.8 Å². The summed E-state index contributed by atoms with van der Waals surface area (Å²) in [6.45, 7) is 0.942. The predicted octanol–water partition coefficient (Wildman–Crippen LogP) is 3.82. The third-order valence-electron chi connectivity index (χ3n) is 3.61. The van der Waals surface area contributed by atoms with Gasteiger partial charge in [0.25, 0.3) is 0 Å². The van der Waals surface area contributed by atoms with Gasteiger partial charge in [0.05, 0.1) is 12.1 Å². The van der Waals surface area contributed by atoms with E-state index in [1.54, 1.807) is 11.8 Å². The van der Waals surface area contributed by atoms with Crippen molar-refractivity contribution in [1.29, 1.82) is 0 Å². The maximum absolute atomic E-state index is 14.1. The highest BCUT2D eigenvalue weighted by molar-refractivity contribution is 8.14. The fraction of sp³-hybridized carbons (Fsp3) is 0.429. The lowest BCUT2D eigenvalue weighted by molar-refractivity contribution is 0.121. The first-order chi connectivity index (χ1) is 10.6. The first-order valence-electron chi connectivity index (χ1n) is 6.81. The molecule has 1 aromatic rings. The van der Waals surface area contributed by atoms with Crippen molar-refractivity contribution in [3.63, 3.8) is 0 Å². The van der Waals surface area contributed by atoms with Crippen LogP contribution in [0.2, 0.25) is 5.02 Å². The zero-order chi connectivity index (χ0) is 15.7. The number of fused-ring (bicyclic) bond motifs is 1. The number of hydrogen-bond acceptors (Lipinski definition) is 5. The average molecular weight is 345 g/mol. The Morgan fingerprint density at radius 3 is 3.14 bits per heavy atom. The molecule has 8 heteroatoms. The number of carbonyl (C=O) groups is 1. The van der Waals surface area contributed by atoms with Crippen LogP contribution < -0.4 is 4.74 Å². The van der Waals surface area contributed by atoms with E-state index < -0.39 is 12.0 Å². The van der Waals surface area contributed by atoms with Gasteiger partial charge in [-0.3, -0.25) is 0 Å². The minimum Gasteiger partial charge on any atom is -0.437 e. The molecule has 118 valence electrons. The third kappa shape index (κ3) is 3.01. The van der Waals surface area contributed by atoms with E-state index in [1.165, 1.54) is 13.2 Å². The number of nitrogens with zero attached hydrogens (tertiary/aromatic N) is 2. The summed E-state index contributed by atoms with van der Waals surface area (Å²) >= 11 is 7.48. The van der Waals surface area contributed by atoms with Gasteiger partial charge in [-0.05, 0) is 18.9 Å². The Labute approximate surface area is 136 Å². The van der Waals surface area contributed by atoms with Gasteiger partial charge in [-0.25, -0.2) is 14.2 Å². The molecule has 1 atom stereocenters. The van der Waals surface area contributed by atoms with E-state index in [2.05, 4.69) is 14.6 Å². The summed E-state index contributed by atoms with van der Waals surface area (Å²) in [4.78, 5) is 17.7. The number of carbonyl (C=O) groups excluding carboxylic acids is 1. The van der Waals surface area contributed by atoms with Crippen LogP contribution in [-0.4, -0.2) is 41.7 Å². The van der Waals surface area contributed by atoms with Gasteiger partial charge >= 0.3 is 6.16 Å². The average Bonchev–Trinajstić information content (AvgIpc) is 3.08. The van der Waals surface area contributed by atoms with Crippen LogP contribution in [0.4, 0.5) is 14.9 Å². The van der Waals surface area contributed by atoms with Crippen molar-refractivity contribution < 1.29 is 18.7 Å². The van der Waals surface area contributed by atoms with Crippen LogP contribution in [0.25, 0.3) is 0 Å². The number of aliphatic imine (C=N–C) groups is 1. The van der Waals surface area contributed by atoms with Gasteiger partial charge in [0.2, 0.25) is 0 Å². The first kappa shape index (κ1) is 15.4. The molecule has 2 heterocycles. The number of hydrogen-bond donors (Lipinski definition) is 0. The second-order valence-corrected chi connectivity index (χ2v) is 6.38. The normalized spacial score (nSPS) is 22.0. The van der Waals surface area contributed by atoms with Crippen LogP contribution in [0.3, 0.4) is 0 Å². The molecule has 2 aliphatic rings. The highest BCUT2D eigenvalue weighted by Gasteiger charge is 2.34. The van der Waals surface area contributed by atoms with E-state index in [-0.39, 0.29) is 16.5 Å². The van der Waals surface area contributed by atoms with Crippen molar-refractivity contribution in [2.75, 3.05) is 19.4 Å². The molecule has 3 rings (SSSR count). The first-order valence-corrected chi connectivity index (χ1v) is 8.18. The molecule has 0 amide bonds. The van der Waals surface area contributed by atoms with Crippen LogP contribution in [0.15, 0.2) is 17.1 Å². The largest absolute Gasteiger partial charge is 0.513 e.